The lowest BCUT2D eigenvalue weighted by molar-refractivity contribution is -0.0339. The molecule has 8 aliphatic rings. The summed E-state index contributed by atoms with van der Waals surface area (Å²) >= 11 is 0. The Kier molecular flexibility index (Phi) is 58.3. The van der Waals surface area contributed by atoms with Gasteiger partial charge >= 0.3 is 0 Å². The Morgan fingerprint density at radius 3 is 0.576 bits per heavy atom. The molecule has 0 aliphatic heterocycles. The first-order valence-corrected chi connectivity index (χ1v) is 56.8. The van der Waals surface area contributed by atoms with E-state index in [9.17, 15) is 10.2 Å². The van der Waals surface area contributed by atoms with Crippen molar-refractivity contribution in [1.82, 2.24) is 0 Å². The second kappa shape index (κ2) is 71.1. The lowest BCUT2D eigenvalue weighted by Gasteiger charge is -2.31. The molecule has 0 heterocycles. The molecule has 800 valence electrons. The Hall–Kier alpha value is -9.52. The van der Waals surface area contributed by atoms with E-state index in [0.717, 1.165) is 290 Å². The van der Waals surface area contributed by atoms with Crippen LogP contribution in [0.5, 0.6) is 92.0 Å². The zero-order chi connectivity index (χ0) is 102. The number of benzene rings is 8. The van der Waals surface area contributed by atoms with E-state index in [1.807, 2.05) is 194 Å². The maximum Gasteiger partial charge on any atom is 0.123 e. The van der Waals surface area contributed by atoms with Gasteiger partial charge in [0.1, 0.15) is 105 Å². The van der Waals surface area contributed by atoms with Crippen molar-refractivity contribution in [3.8, 4) is 92.0 Å². The van der Waals surface area contributed by atoms with Gasteiger partial charge in [0.25, 0.3) is 0 Å². The fourth-order valence-corrected chi connectivity index (χ4v) is 18.0. The van der Waals surface area contributed by atoms with Crippen molar-refractivity contribution < 1.29 is 86.0 Å². The SMILES string of the molecule is CCCOc1cccc(OCC2(O)CCCCC2)c1.CCCOc1cccc(OCC2(O)CCCCCC2)c1.CCCOc1cccc(OCC2CC2)c1.CCCOc1cccc(OCC2CCC2)c1.CCCOc1cccc(OCC2CCCCCC2)c1.CC[C@@H](C)Oc1cccc(OCC2CCCC2)c1.CC[C@@H](C)Oc1cccc(OCC2CCCCC2)c1.CC[C@H](C)Oc1cccc(OCC2CCCC2)c1. The summed E-state index contributed by atoms with van der Waals surface area (Å²) in [7, 11) is 0. The number of aliphatic hydroxyl groups is 2. The molecule has 8 aliphatic carbocycles. The van der Waals surface area contributed by atoms with Crippen molar-refractivity contribution >= 4 is 0 Å². The molecule has 8 aromatic rings. The van der Waals surface area contributed by atoms with Crippen molar-refractivity contribution in [3.63, 3.8) is 0 Å². The lowest BCUT2D eigenvalue weighted by atomic mass is 9.85. The number of ether oxygens (including phenoxy) is 16. The summed E-state index contributed by atoms with van der Waals surface area (Å²) in [5, 5.41) is 21.0. The number of hydrogen-bond donors (Lipinski definition) is 2. The minimum absolute atomic E-state index is 0.258. The average molecular weight is 1990 g/mol. The second-order valence-corrected chi connectivity index (χ2v) is 41.3. The van der Waals surface area contributed by atoms with E-state index in [0.29, 0.717) is 26.4 Å². The van der Waals surface area contributed by atoms with Crippen LogP contribution >= 0.6 is 0 Å². The van der Waals surface area contributed by atoms with Gasteiger partial charge in [0.05, 0.1) is 102 Å². The van der Waals surface area contributed by atoms with Crippen LogP contribution in [0.2, 0.25) is 0 Å². The Balaban J connectivity index is 0.000000184. The van der Waals surface area contributed by atoms with Crippen LogP contribution in [-0.2, 0) is 0 Å². The molecule has 2 N–H and O–H groups in total. The highest BCUT2D eigenvalue weighted by atomic mass is 16.5. The van der Waals surface area contributed by atoms with Gasteiger partial charge in [0, 0.05) is 48.5 Å². The molecule has 3 atom stereocenters. The summed E-state index contributed by atoms with van der Waals surface area (Å²) in [5.41, 5.74) is -1.30. The molecule has 0 saturated heterocycles. The molecule has 0 bridgehead atoms. The highest BCUT2D eigenvalue weighted by Crippen LogP contribution is 2.38. The zero-order valence-corrected chi connectivity index (χ0v) is 90.7. The molecule has 18 heteroatoms. The van der Waals surface area contributed by atoms with Crippen LogP contribution in [0.1, 0.15) is 352 Å². The van der Waals surface area contributed by atoms with E-state index < -0.39 is 11.2 Å². The topological polar surface area (TPSA) is 188 Å². The molecule has 144 heavy (non-hydrogen) atoms. The Morgan fingerprint density at radius 1 is 0.208 bits per heavy atom. The van der Waals surface area contributed by atoms with Crippen LogP contribution < -0.4 is 75.8 Å². The molecule has 16 rings (SSSR count). The largest absolute Gasteiger partial charge is 0.493 e. The molecular formula is C126H188O18. The van der Waals surface area contributed by atoms with E-state index >= 15 is 0 Å². The monoisotopic (exact) mass is 1990 g/mol. The fraction of sp³-hybridized carbons (Fsp3) is 0.619. The van der Waals surface area contributed by atoms with Crippen molar-refractivity contribution in [2.75, 3.05) is 85.9 Å². The quantitative estimate of drug-likeness (QED) is 0.0342. The number of hydrogen-bond acceptors (Lipinski definition) is 18. The average Bonchev–Trinajstić information content (AvgIpc) is 1.73. The zero-order valence-electron chi connectivity index (χ0n) is 90.7. The van der Waals surface area contributed by atoms with Crippen LogP contribution in [0.4, 0.5) is 0 Å². The van der Waals surface area contributed by atoms with Crippen LogP contribution in [0.15, 0.2) is 194 Å². The number of rotatable bonds is 48. The van der Waals surface area contributed by atoms with E-state index in [2.05, 4.69) is 76.2 Å². The molecule has 8 fully saturated rings. The summed E-state index contributed by atoms with van der Waals surface area (Å²) in [6.45, 7) is 32.8. The van der Waals surface area contributed by atoms with Crippen molar-refractivity contribution in [2.45, 2.75) is 382 Å². The predicted molar refractivity (Wildman–Crippen MR) is 588 cm³/mol. The first-order valence-electron chi connectivity index (χ1n) is 56.8. The first kappa shape index (κ1) is 118. The van der Waals surface area contributed by atoms with Crippen LogP contribution in [0.25, 0.3) is 0 Å². The third kappa shape index (κ3) is 51.2. The smallest absolute Gasteiger partial charge is 0.123 e. The van der Waals surface area contributed by atoms with E-state index in [-0.39, 0.29) is 18.3 Å². The maximum absolute atomic E-state index is 10.6. The minimum atomic E-state index is -0.656. The molecule has 0 aromatic heterocycles. The van der Waals surface area contributed by atoms with Crippen LogP contribution in [0.3, 0.4) is 0 Å². The van der Waals surface area contributed by atoms with Crippen LogP contribution in [0, 0.1) is 35.5 Å². The van der Waals surface area contributed by atoms with Gasteiger partial charge in [0.15, 0.2) is 0 Å². The van der Waals surface area contributed by atoms with Gasteiger partial charge in [0.2, 0.25) is 0 Å². The predicted octanol–water partition coefficient (Wildman–Crippen LogP) is 32.9. The van der Waals surface area contributed by atoms with Crippen LogP contribution in [-0.4, -0.2) is 126 Å². The summed E-state index contributed by atoms with van der Waals surface area (Å²) in [4.78, 5) is 0. The highest BCUT2D eigenvalue weighted by Gasteiger charge is 2.32. The standard InChI is InChI=1S/C17H26O3.2C17H26O2.C16H24O3.2C16H24O2.C14H20O2.C13H18O2/c1-2-12-19-15-8-7-9-16(13-15)20-14-17(18)10-5-3-4-6-11-17;1-3-14(2)19-17-11-7-10-16(12-17)18-13-15-8-5-4-6-9-15;1-2-12-18-16-10-7-11-17(13-16)19-14-15-8-5-3-4-6-9-15;1-2-11-18-14-7-6-8-15(12-14)19-13-16(17)9-4-3-5-10-16;2*1-3-13(2)18-16-10-6-9-15(11-16)17-12-14-7-4-5-8-14;1-2-9-15-13-7-4-8-14(10-13)16-11-12-5-3-6-12;1-2-8-14-12-4-3-5-13(9-12)15-10-11-6-7-11/h7-9,13,18H,2-6,10-12,14H2,1H3;7,10-12,14-15H,3-6,8-9,13H2,1-2H3;7,10-11,13,15H,2-6,8-9,12,14H2,1H3;6-8,12,17H,2-5,9-11,13H2,1H3;2*6,9-11,13-14H,3-5,7-8,12H2,1-2H3;4,7-8,10,12H,2-3,5-6,9,11H2,1H3;3-5,9,11H,2,6-8,10H2,1H3/t;14-;;;2*13-;;/m.1..10../s1. The first-order chi connectivity index (χ1) is 70.4. The third-order valence-electron chi connectivity index (χ3n) is 27.9. The molecule has 18 nitrogen and oxygen atoms in total. The van der Waals surface area contributed by atoms with Gasteiger partial charge in [-0.3, -0.25) is 0 Å². The molecule has 8 aromatic carbocycles. The Morgan fingerprint density at radius 2 is 0.375 bits per heavy atom. The molecule has 0 spiro atoms. The van der Waals surface area contributed by atoms with Gasteiger partial charge in [-0.1, -0.05) is 226 Å². The normalized spacial score (nSPS) is 17.2. The molecule has 8 saturated carbocycles. The van der Waals surface area contributed by atoms with E-state index in [1.165, 1.54) is 173 Å². The van der Waals surface area contributed by atoms with Gasteiger partial charge < -0.3 is 86.0 Å². The van der Waals surface area contributed by atoms with E-state index in [1.54, 1.807) is 0 Å². The Bertz CT molecular complexity index is 4470. The second-order valence-electron chi connectivity index (χ2n) is 41.3. The molecule has 0 radical (unpaired) electrons. The summed E-state index contributed by atoms with van der Waals surface area (Å²) in [6.07, 6.45) is 52.8. The van der Waals surface area contributed by atoms with Crippen molar-refractivity contribution in [2.24, 2.45) is 35.5 Å². The van der Waals surface area contributed by atoms with E-state index in [4.69, 9.17) is 75.8 Å². The van der Waals surface area contributed by atoms with Crippen molar-refractivity contribution in [3.05, 3.63) is 194 Å². The van der Waals surface area contributed by atoms with Gasteiger partial charge in [-0.15, -0.1) is 0 Å². The van der Waals surface area contributed by atoms with Gasteiger partial charge in [-0.25, -0.2) is 0 Å². The lowest BCUT2D eigenvalue weighted by Crippen LogP contribution is -2.37. The summed E-state index contributed by atoms with van der Waals surface area (Å²) < 4.78 is 91.8. The minimum Gasteiger partial charge on any atom is -0.493 e. The molecular weight excluding hydrogens is 1800 g/mol. The summed E-state index contributed by atoms with van der Waals surface area (Å²) in [6, 6.07) is 63.3. The Labute approximate surface area is 870 Å². The summed E-state index contributed by atoms with van der Waals surface area (Å²) in [5.74, 6) is 18.8. The molecule has 0 unspecified atom stereocenters. The fourth-order valence-electron chi connectivity index (χ4n) is 18.0. The third-order valence-corrected chi connectivity index (χ3v) is 27.9. The maximum atomic E-state index is 10.6. The van der Waals surface area contributed by atoms with Gasteiger partial charge in [-0.05, 0) is 307 Å². The van der Waals surface area contributed by atoms with Crippen molar-refractivity contribution in [1.29, 1.82) is 0 Å². The molecule has 0 amide bonds. The highest BCUT2D eigenvalue weighted by molar-refractivity contribution is 5.39. The van der Waals surface area contributed by atoms with Gasteiger partial charge in [-0.2, -0.15) is 0 Å².